The van der Waals surface area contributed by atoms with Gasteiger partial charge in [-0.25, -0.2) is 4.79 Å². The Labute approximate surface area is 67.6 Å². The largest absolute Gasteiger partial charge is 0.455 e. The lowest BCUT2D eigenvalue weighted by Crippen LogP contribution is -2.13. The van der Waals surface area contributed by atoms with Crippen LogP contribution in [0.5, 0.6) is 0 Å². The number of carbonyl (C=O) groups is 1. The van der Waals surface area contributed by atoms with Crippen molar-refractivity contribution in [3.8, 4) is 0 Å². The molecule has 62 valence electrons. The Bertz CT molecular complexity index is 180. The molecule has 0 amide bonds. The Morgan fingerprint density at radius 2 is 2.18 bits per heavy atom. The molecule has 0 aromatic heterocycles. The van der Waals surface area contributed by atoms with Crippen molar-refractivity contribution in [1.29, 1.82) is 0 Å². The third kappa shape index (κ3) is 4.37. The van der Waals surface area contributed by atoms with Crippen molar-refractivity contribution in [3.63, 3.8) is 0 Å². The molecule has 1 unspecified atom stereocenters. The van der Waals surface area contributed by atoms with E-state index in [1.54, 1.807) is 19.9 Å². The van der Waals surface area contributed by atoms with Crippen molar-refractivity contribution in [2.24, 2.45) is 0 Å². The van der Waals surface area contributed by atoms with Crippen LogP contribution in [-0.2, 0) is 9.53 Å². The molecular weight excluding hydrogens is 140 g/mol. The van der Waals surface area contributed by atoms with E-state index < -0.39 is 0 Å². The van der Waals surface area contributed by atoms with Gasteiger partial charge in [-0.05, 0) is 26.3 Å². The number of carbonyl (C=O) groups excluding carboxylic acids is 1. The molecule has 0 saturated carbocycles. The summed E-state index contributed by atoms with van der Waals surface area (Å²) >= 11 is 0. The van der Waals surface area contributed by atoms with E-state index in [-0.39, 0.29) is 12.1 Å². The smallest absolute Gasteiger partial charge is 0.330 e. The van der Waals surface area contributed by atoms with Gasteiger partial charge in [-0.1, -0.05) is 12.7 Å². The number of esters is 1. The predicted molar refractivity (Wildman–Crippen MR) is 45.2 cm³/mol. The third-order valence-corrected chi connectivity index (χ3v) is 1.29. The van der Waals surface area contributed by atoms with Gasteiger partial charge in [0.25, 0.3) is 0 Å². The zero-order valence-electron chi connectivity index (χ0n) is 7.26. The highest BCUT2D eigenvalue weighted by Gasteiger charge is 2.05. The maximum atomic E-state index is 10.8. The van der Waals surface area contributed by atoms with Crippen LogP contribution in [0.4, 0.5) is 0 Å². The maximum Gasteiger partial charge on any atom is 0.330 e. The summed E-state index contributed by atoms with van der Waals surface area (Å²) in [5.41, 5.74) is 0.850. The minimum absolute atomic E-state index is 0.196. The van der Waals surface area contributed by atoms with Crippen LogP contribution in [0.1, 0.15) is 20.8 Å². The van der Waals surface area contributed by atoms with Gasteiger partial charge in [0.1, 0.15) is 6.10 Å². The van der Waals surface area contributed by atoms with Crippen molar-refractivity contribution in [1.82, 2.24) is 0 Å². The lowest BCUT2D eigenvalue weighted by Gasteiger charge is -2.10. The summed E-state index contributed by atoms with van der Waals surface area (Å²) in [6.45, 7) is 9.06. The molecule has 0 fully saturated rings. The number of hydrogen-bond acceptors (Lipinski definition) is 2. The van der Waals surface area contributed by atoms with Gasteiger partial charge in [0.15, 0.2) is 0 Å². The number of allylic oxidation sites excluding steroid dienone is 1. The van der Waals surface area contributed by atoms with Gasteiger partial charge in [0, 0.05) is 6.08 Å². The first kappa shape index (κ1) is 9.95. The molecule has 0 bridgehead atoms. The van der Waals surface area contributed by atoms with Crippen molar-refractivity contribution in [2.75, 3.05) is 0 Å². The molecule has 0 aliphatic heterocycles. The average molecular weight is 154 g/mol. The van der Waals surface area contributed by atoms with Gasteiger partial charge >= 0.3 is 5.97 Å². The minimum atomic E-state index is -0.317. The summed E-state index contributed by atoms with van der Waals surface area (Å²) in [6, 6.07) is 0. The van der Waals surface area contributed by atoms with Gasteiger partial charge in [-0.15, -0.1) is 0 Å². The van der Waals surface area contributed by atoms with Gasteiger partial charge in [-0.2, -0.15) is 0 Å². The van der Waals surface area contributed by atoms with Gasteiger partial charge < -0.3 is 4.74 Å². The molecule has 0 aromatic rings. The third-order valence-electron chi connectivity index (χ3n) is 1.29. The molecule has 0 heterocycles. The van der Waals surface area contributed by atoms with Gasteiger partial charge in [0.05, 0.1) is 0 Å². The molecule has 0 aromatic carbocycles. The first-order valence-corrected chi connectivity index (χ1v) is 3.56. The zero-order chi connectivity index (χ0) is 8.85. The molecule has 0 saturated heterocycles. The van der Waals surface area contributed by atoms with Crippen molar-refractivity contribution in [2.45, 2.75) is 26.9 Å². The van der Waals surface area contributed by atoms with E-state index in [0.717, 1.165) is 5.57 Å². The average Bonchev–Trinajstić information content (AvgIpc) is 1.87. The van der Waals surface area contributed by atoms with Crippen LogP contribution in [0.25, 0.3) is 0 Å². The normalized spacial score (nSPS) is 13.0. The fraction of sp³-hybridized carbons (Fsp3) is 0.444. The molecule has 1 atom stereocenters. The van der Waals surface area contributed by atoms with Crippen LogP contribution in [0, 0.1) is 0 Å². The monoisotopic (exact) mass is 154 g/mol. The molecule has 0 aliphatic rings. The fourth-order valence-corrected chi connectivity index (χ4v) is 0.450. The summed E-state index contributed by atoms with van der Waals surface area (Å²) in [5, 5.41) is 0. The van der Waals surface area contributed by atoms with E-state index in [2.05, 4.69) is 6.58 Å². The Morgan fingerprint density at radius 1 is 1.64 bits per heavy atom. The molecule has 2 nitrogen and oxygen atoms in total. The lowest BCUT2D eigenvalue weighted by molar-refractivity contribution is -0.140. The fourth-order valence-electron chi connectivity index (χ4n) is 0.450. The molecule has 2 heteroatoms. The van der Waals surface area contributed by atoms with Crippen molar-refractivity contribution >= 4 is 5.97 Å². The second-order valence-corrected chi connectivity index (χ2v) is 2.43. The molecular formula is C9H14O2. The summed E-state index contributed by atoms with van der Waals surface area (Å²) in [4.78, 5) is 10.8. The van der Waals surface area contributed by atoms with Crippen molar-refractivity contribution in [3.05, 3.63) is 24.3 Å². The van der Waals surface area contributed by atoms with Gasteiger partial charge in [0.2, 0.25) is 0 Å². The van der Waals surface area contributed by atoms with Crippen LogP contribution >= 0.6 is 0 Å². The van der Waals surface area contributed by atoms with E-state index in [1.165, 1.54) is 6.08 Å². The quantitative estimate of drug-likeness (QED) is 0.353. The van der Waals surface area contributed by atoms with Gasteiger partial charge in [-0.3, -0.25) is 0 Å². The van der Waals surface area contributed by atoms with E-state index in [9.17, 15) is 4.79 Å². The Hall–Kier alpha value is -1.05. The minimum Gasteiger partial charge on any atom is -0.455 e. The SMILES string of the molecule is C=C(C)C(C)OC(=O)C=CC. The summed E-state index contributed by atoms with van der Waals surface area (Å²) in [5.74, 6) is -0.317. The van der Waals surface area contributed by atoms with Crippen LogP contribution in [-0.4, -0.2) is 12.1 Å². The molecule has 0 rings (SSSR count). The highest BCUT2D eigenvalue weighted by Crippen LogP contribution is 2.02. The highest BCUT2D eigenvalue weighted by molar-refractivity contribution is 5.82. The maximum absolute atomic E-state index is 10.8. The number of ether oxygens (including phenoxy) is 1. The van der Waals surface area contributed by atoms with Crippen LogP contribution in [0.15, 0.2) is 24.3 Å². The summed E-state index contributed by atoms with van der Waals surface area (Å²) in [6.07, 6.45) is 2.84. The number of rotatable bonds is 3. The molecule has 0 N–H and O–H groups in total. The summed E-state index contributed by atoms with van der Waals surface area (Å²) < 4.78 is 4.93. The summed E-state index contributed by atoms with van der Waals surface area (Å²) in [7, 11) is 0. The topological polar surface area (TPSA) is 26.3 Å². The first-order valence-electron chi connectivity index (χ1n) is 3.56. The van der Waals surface area contributed by atoms with E-state index in [4.69, 9.17) is 4.74 Å². The standard InChI is InChI=1S/C9H14O2/c1-5-6-9(10)11-8(4)7(2)3/h5-6,8H,2H2,1,3-4H3. The van der Waals surface area contributed by atoms with E-state index >= 15 is 0 Å². The zero-order valence-corrected chi connectivity index (χ0v) is 7.26. The van der Waals surface area contributed by atoms with Crippen LogP contribution in [0.3, 0.4) is 0 Å². The van der Waals surface area contributed by atoms with Crippen LogP contribution in [0.2, 0.25) is 0 Å². The molecule has 0 spiro atoms. The van der Waals surface area contributed by atoms with E-state index in [1.807, 2.05) is 6.92 Å². The first-order chi connectivity index (χ1) is 5.07. The second kappa shape index (κ2) is 4.72. The Balaban J connectivity index is 3.85. The predicted octanol–water partition coefficient (Wildman–Crippen LogP) is 2.07. The highest BCUT2D eigenvalue weighted by atomic mass is 16.5. The Kier molecular flexibility index (Phi) is 4.27. The Morgan fingerprint density at radius 3 is 2.55 bits per heavy atom. The van der Waals surface area contributed by atoms with Crippen LogP contribution < -0.4 is 0 Å². The lowest BCUT2D eigenvalue weighted by atomic mass is 10.2. The molecule has 0 radical (unpaired) electrons. The number of hydrogen-bond donors (Lipinski definition) is 0. The van der Waals surface area contributed by atoms with Crippen molar-refractivity contribution < 1.29 is 9.53 Å². The molecule has 0 aliphatic carbocycles. The second-order valence-electron chi connectivity index (χ2n) is 2.43. The van der Waals surface area contributed by atoms with E-state index in [0.29, 0.717) is 0 Å². The molecule has 11 heavy (non-hydrogen) atoms.